The molecule has 0 aromatic heterocycles. The summed E-state index contributed by atoms with van der Waals surface area (Å²) in [7, 11) is -1.48. The molecular weight excluding hydrogens is 467 g/mol. The lowest BCUT2D eigenvalue weighted by Crippen LogP contribution is -2.33. The number of ether oxygens (including phenoxy) is 2. The lowest BCUT2D eigenvalue weighted by atomic mass is 10.1. The van der Waals surface area contributed by atoms with Crippen molar-refractivity contribution in [2.75, 3.05) is 27.3 Å². The first-order chi connectivity index (χ1) is 14.6. The Kier molecular flexibility index (Phi) is 8.55. The fraction of sp³-hybridized carbons (Fsp3) is 0.300. The highest BCUT2D eigenvalue weighted by Crippen LogP contribution is 2.32. The number of rotatable bonds is 8. The van der Waals surface area contributed by atoms with Crippen LogP contribution in [0.15, 0.2) is 41.3 Å². The normalized spacial score (nSPS) is 11.0. The molecule has 2 rings (SSSR count). The van der Waals surface area contributed by atoms with Gasteiger partial charge in [0.15, 0.2) is 0 Å². The number of hydrogen-bond acceptors (Lipinski definition) is 6. The average molecular weight is 489 g/mol. The molecule has 0 unspecified atom stereocenters. The molecule has 0 fully saturated rings. The molecule has 0 aliphatic rings. The van der Waals surface area contributed by atoms with Crippen LogP contribution in [0.4, 0.5) is 4.79 Å². The monoisotopic (exact) mass is 488 g/mol. The summed E-state index contributed by atoms with van der Waals surface area (Å²) in [5, 5.41) is 3.28. The zero-order valence-electron chi connectivity index (χ0n) is 17.1. The zero-order valence-corrected chi connectivity index (χ0v) is 19.5. The molecule has 0 atom stereocenters. The van der Waals surface area contributed by atoms with Crippen molar-refractivity contribution in [1.82, 2.24) is 9.62 Å². The van der Waals surface area contributed by atoms with Crippen LogP contribution in [0.1, 0.15) is 22.8 Å². The van der Waals surface area contributed by atoms with Crippen molar-refractivity contribution in [1.29, 1.82) is 0 Å². The van der Waals surface area contributed by atoms with Crippen molar-refractivity contribution in [3.05, 3.63) is 57.6 Å². The summed E-state index contributed by atoms with van der Waals surface area (Å²) < 4.78 is 35.4. The van der Waals surface area contributed by atoms with Crippen LogP contribution in [-0.4, -0.2) is 52.0 Å². The molecule has 0 saturated heterocycles. The van der Waals surface area contributed by atoms with E-state index in [1.807, 2.05) is 0 Å². The smallest absolute Gasteiger partial charge is 0.423 e. The Hall–Kier alpha value is -2.49. The largest absolute Gasteiger partial charge is 0.494 e. The Balaban J connectivity index is 2.02. The highest BCUT2D eigenvalue weighted by atomic mass is 35.5. The second kappa shape index (κ2) is 10.7. The number of methoxy groups -OCH3 is 1. The van der Waals surface area contributed by atoms with Crippen molar-refractivity contribution in [3.8, 4) is 5.75 Å². The first-order valence-corrected chi connectivity index (χ1v) is 11.4. The average Bonchev–Trinajstić information content (AvgIpc) is 2.73. The fourth-order valence-corrected chi connectivity index (χ4v) is 4.27. The molecule has 11 heteroatoms. The summed E-state index contributed by atoms with van der Waals surface area (Å²) in [6.07, 6.45) is -0.512. The zero-order chi connectivity index (χ0) is 23.2. The Bertz CT molecular complexity index is 1060. The van der Waals surface area contributed by atoms with Gasteiger partial charge < -0.3 is 14.8 Å². The van der Waals surface area contributed by atoms with Gasteiger partial charge in [0.05, 0.1) is 29.2 Å². The van der Waals surface area contributed by atoms with E-state index in [1.165, 1.54) is 31.4 Å². The predicted molar refractivity (Wildman–Crippen MR) is 117 cm³/mol. The third kappa shape index (κ3) is 6.03. The number of hydrogen-bond donors (Lipinski definition) is 1. The SMILES string of the molecule is CCOC(=O)N(C)S(=O)(=O)c1ccc(CCNC(=O)c2cc(Cl)cc(Cl)c2OC)cc1. The molecule has 0 saturated carbocycles. The van der Waals surface area contributed by atoms with Gasteiger partial charge in [-0.2, -0.15) is 0 Å². The fourth-order valence-electron chi connectivity index (χ4n) is 2.65. The van der Waals surface area contributed by atoms with Gasteiger partial charge >= 0.3 is 6.09 Å². The molecular formula is C20H22Cl2N2O6S. The van der Waals surface area contributed by atoms with Crippen molar-refractivity contribution < 1.29 is 27.5 Å². The maximum atomic E-state index is 12.5. The standard InChI is InChI=1S/C20H22Cl2N2O6S/c1-4-30-20(26)24(2)31(27,28)15-7-5-13(6-8-15)9-10-23-19(25)16-11-14(21)12-17(22)18(16)29-3/h5-8,11-12H,4,9-10H2,1-3H3,(H,23,25). The summed E-state index contributed by atoms with van der Waals surface area (Å²) in [4.78, 5) is 24.1. The number of nitrogens with zero attached hydrogens (tertiary/aromatic N) is 1. The van der Waals surface area contributed by atoms with Crippen LogP contribution < -0.4 is 10.1 Å². The van der Waals surface area contributed by atoms with Gasteiger partial charge in [0.1, 0.15) is 5.75 Å². The van der Waals surface area contributed by atoms with Crippen LogP contribution in [0, 0.1) is 0 Å². The van der Waals surface area contributed by atoms with E-state index in [0.29, 0.717) is 15.7 Å². The molecule has 0 spiro atoms. The molecule has 0 bridgehead atoms. The van der Waals surface area contributed by atoms with Crippen molar-refractivity contribution in [2.24, 2.45) is 0 Å². The van der Waals surface area contributed by atoms with Gasteiger partial charge in [0.2, 0.25) is 0 Å². The summed E-state index contributed by atoms with van der Waals surface area (Å²) in [6, 6.07) is 8.93. The highest BCUT2D eigenvalue weighted by molar-refractivity contribution is 7.89. The van der Waals surface area contributed by atoms with Gasteiger partial charge in [0, 0.05) is 18.6 Å². The molecule has 0 aliphatic carbocycles. The molecule has 2 amide bonds. The maximum absolute atomic E-state index is 12.5. The van der Waals surface area contributed by atoms with E-state index in [1.54, 1.807) is 19.1 Å². The number of carbonyl (C=O) groups excluding carboxylic acids is 2. The van der Waals surface area contributed by atoms with Crippen LogP contribution in [0.25, 0.3) is 0 Å². The molecule has 0 radical (unpaired) electrons. The van der Waals surface area contributed by atoms with Gasteiger partial charge in [0.25, 0.3) is 15.9 Å². The van der Waals surface area contributed by atoms with Crippen LogP contribution in [0.5, 0.6) is 5.75 Å². The van der Waals surface area contributed by atoms with E-state index < -0.39 is 22.0 Å². The maximum Gasteiger partial charge on any atom is 0.423 e. The molecule has 168 valence electrons. The van der Waals surface area contributed by atoms with Gasteiger partial charge in [-0.05, 0) is 43.2 Å². The minimum Gasteiger partial charge on any atom is -0.494 e. The lowest BCUT2D eigenvalue weighted by Gasteiger charge is -2.17. The van der Waals surface area contributed by atoms with Gasteiger partial charge in [-0.3, -0.25) is 4.79 Å². The van der Waals surface area contributed by atoms with Crippen LogP contribution in [-0.2, 0) is 21.2 Å². The molecule has 0 aliphatic heterocycles. The van der Waals surface area contributed by atoms with E-state index in [2.05, 4.69) is 5.32 Å². The van der Waals surface area contributed by atoms with Crippen LogP contribution in [0.3, 0.4) is 0 Å². The first kappa shape index (κ1) is 24.8. The second-order valence-electron chi connectivity index (χ2n) is 6.29. The van der Waals surface area contributed by atoms with E-state index in [4.69, 9.17) is 32.7 Å². The summed E-state index contributed by atoms with van der Waals surface area (Å²) in [5.41, 5.74) is 0.998. The van der Waals surface area contributed by atoms with Crippen molar-refractivity contribution >= 4 is 45.2 Å². The second-order valence-corrected chi connectivity index (χ2v) is 9.10. The molecule has 31 heavy (non-hydrogen) atoms. The Labute approximate surface area is 191 Å². The van der Waals surface area contributed by atoms with Crippen LogP contribution >= 0.6 is 23.2 Å². The van der Waals surface area contributed by atoms with Crippen molar-refractivity contribution in [3.63, 3.8) is 0 Å². The number of amides is 2. The first-order valence-electron chi connectivity index (χ1n) is 9.17. The molecule has 0 heterocycles. The molecule has 2 aromatic rings. The number of carbonyl (C=O) groups is 2. The minimum absolute atomic E-state index is 0.0471. The van der Waals surface area contributed by atoms with Gasteiger partial charge in [-0.15, -0.1) is 0 Å². The topological polar surface area (TPSA) is 102 Å². The number of sulfonamides is 1. The van der Waals surface area contributed by atoms with Gasteiger partial charge in [-0.25, -0.2) is 17.5 Å². The lowest BCUT2D eigenvalue weighted by molar-refractivity contribution is 0.0951. The summed E-state index contributed by atoms with van der Waals surface area (Å²) in [6.45, 7) is 1.93. The Morgan fingerprint density at radius 2 is 1.77 bits per heavy atom. The van der Waals surface area contributed by atoms with E-state index >= 15 is 0 Å². The number of nitrogens with one attached hydrogen (secondary N) is 1. The number of halogens is 2. The third-order valence-corrected chi connectivity index (χ3v) is 6.50. The summed E-state index contributed by atoms with van der Waals surface area (Å²) >= 11 is 12.0. The minimum atomic E-state index is -4.01. The summed E-state index contributed by atoms with van der Waals surface area (Å²) in [5.74, 6) is -0.180. The number of benzene rings is 2. The van der Waals surface area contributed by atoms with Crippen molar-refractivity contribution in [2.45, 2.75) is 18.2 Å². The van der Waals surface area contributed by atoms with Gasteiger partial charge in [-0.1, -0.05) is 35.3 Å². The molecule has 8 nitrogen and oxygen atoms in total. The molecule has 2 aromatic carbocycles. The Morgan fingerprint density at radius 3 is 2.35 bits per heavy atom. The van der Waals surface area contributed by atoms with E-state index in [-0.39, 0.29) is 34.4 Å². The van der Waals surface area contributed by atoms with Crippen LogP contribution in [0.2, 0.25) is 10.0 Å². The van der Waals surface area contributed by atoms with E-state index in [9.17, 15) is 18.0 Å². The predicted octanol–water partition coefficient (Wildman–Crippen LogP) is 3.75. The van der Waals surface area contributed by atoms with E-state index in [0.717, 1.165) is 12.6 Å². The Morgan fingerprint density at radius 1 is 1.13 bits per heavy atom. The third-order valence-electron chi connectivity index (χ3n) is 4.26. The quantitative estimate of drug-likeness (QED) is 0.606. The molecule has 1 N–H and O–H groups in total. The highest BCUT2D eigenvalue weighted by Gasteiger charge is 2.26.